The molecule has 0 aliphatic carbocycles. The zero-order valence-electron chi connectivity index (χ0n) is 11.7. The van der Waals surface area contributed by atoms with E-state index in [0.29, 0.717) is 17.0 Å². The lowest BCUT2D eigenvalue weighted by Gasteiger charge is -2.14. The average Bonchev–Trinajstić information content (AvgIpc) is 2.96. The molecule has 2 aromatic rings. The van der Waals surface area contributed by atoms with Crippen LogP contribution in [0.1, 0.15) is 12.6 Å². The van der Waals surface area contributed by atoms with Gasteiger partial charge >= 0.3 is 5.69 Å². The van der Waals surface area contributed by atoms with Crippen molar-refractivity contribution in [3.8, 4) is 0 Å². The molecule has 9 nitrogen and oxygen atoms in total. The number of anilines is 1. The number of fused-ring (bicyclic) bond motifs is 1. The predicted molar refractivity (Wildman–Crippen MR) is 74.1 cm³/mol. The number of nitrogens with one attached hydrogen (secondary N) is 1. The van der Waals surface area contributed by atoms with Gasteiger partial charge in [0.05, 0.1) is 12.7 Å². The van der Waals surface area contributed by atoms with Crippen molar-refractivity contribution < 1.29 is 14.9 Å². The van der Waals surface area contributed by atoms with Crippen LogP contribution in [-0.4, -0.2) is 62.6 Å². The molecular weight excluding hydrogens is 278 g/mol. The molecule has 2 aromatic heterocycles. The highest BCUT2D eigenvalue weighted by atomic mass is 16.5. The first-order chi connectivity index (χ1) is 10.0. The summed E-state index contributed by atoms with van der Waals surface area (Å²) >= 11 is 0. The molecule has 0 spiro atoms. The SMILES string of the molecule is CN(C)c1ncnc2c1[nH]c(=O)n2[C@H]1C[C@@H](O)[C@H](CO)O1. The van der Waals surface area contributed by atoms with E-state index in [9.17, 15) is 9.90 Å². The number of hydrogen-bond donors (Lipinski definition) is 3. The molecule has 3 heterocycles. The number of ether oxygens (including phenoxy) is 1. The second kappa shape index (κ2) is 5.10. The molecule has 1 saturated heterocycles. The number of nitrogens with zero attached hydrogens (tertiary/aromatic N) is 4. The summed E-state index contributed by atoms with van der Waals surface area (Å²) in [5.41, 5.74) is 0.539. The molecule has 0 amide bonds. The zero-order chi connectivity index (χ0) is 15.1. The number of rotatable bonds is 3. The van der Waals surface area contributed by atoms with Crippen molar-refractivity contribution in [2.75, 3.05) is 25.6 Å². The van der Waals surface area contributed by atoms with Crippen molar-refractivity contribution in [1.82, 2.24) is 19.5 Å². The van der Waals surface area contributed by atoms with Gasteiger partial charge < -0.3 is 24.8 Å². The predicted octanol–water partition coefficient (Wildman–Crippen LogP) is -1.17. The van der Waals surface area contributed by atoms with E-state index in [-0.39, 0.29) is 18.7 Å². The lowest BCUT2D eigenvalue weighted by Crippen LogP contribution is -2.25. The average molecular weight is 295 g/mol. The van der Waals surface area contributed by atoms with Crippen LogP contribution in [0.4, 0.5) is 5.82 Å². The second-order valence-electron chi connectivity index (χ2n) is 5.21. The van der Waals surface area contributed by atoms with E-state index in [2.05, 4.69) is 15.0 Å². The summed E-state index contributed by atoms with van der Waals surface area (Å²) < 4.78 is 6.88. The molecule has 21 heavy (non-hydrogen) atoms. The minimum atomic E-state index is -0.813. The summed E-state index contributed by atoms with van der Waals surface area (Å²) in [5, 5.41) is 19.0. The first kappa shape index (κ1) is 14.0. The Morgan fingerprint density at radius 1 is 1.52 bits per heavy atom. The molecule has 3 N–H and O–H groups in total. The number of aliphatic hydroxyl groups excluding tert-OH is 2. The van der Waals surface area contributed by atoms with Crippen molar-refractivity contribution in [3.63, 3.8) is 0 Å². The third kappa shape index (κ3) is 2.19. The highest BCUT2D eigenvalue weighted by Crippen LogP contribution is 2.30. The second-order valence-corrected chi connectivity index (χ2v) is 5.21. The smallest absolute Gasteiger partial charge is 0.329 e. The lowest BCUT2D eigenvalue weighted by molar-refractivity contribution is -0.0441. The van der Waals surface area contributed by atoms with Crippen LogP contribution in [0.2, 0.25) is 0 Å². The summed E-state index contributed by atoms with van der Waals surface area (Å²) in [4.78, 5) is 25.0. The van der Waals surface area contributed by atoms with Gasteiger partial charge in [-0.3, -0.25) is 0 Å². The number of aliphatic hydroxyl groups is 2. The van der Waals surface area contributed by atoms with Crippen molar-refractivity contribution >= 4 is 17.0 Å². The number of aromatic amines is 1. The Kier molecular flexibility index (Phi) is 3.40. The molecule has 9 heteroatoms. The van der Waals surface area contributed by atoms with Gasteiger partial charge in [-0.2, -0.15) is 0 Å². The Morgan fingerprint density at radius 2 is 2.29 bits per heavy atom. The largest absolute Gasteiger partial charge is 0.394 e. The van der Waals surface area contributed by atoms with Gasteiger partial charge in [-0.1, -0.05) is 0 Å². The Labute approximate surface area is 119 Å². The van der Waals surface area contributed by atoms with Crippen LogP contribution in [0.5, 0.6) is 0 Å². The quantitative estimate of drug-likeness (QED) is 0.653. The van der Waals surface area contributed by atoms with Gasteiger partial charge in [-0.05, 0) is 0 Å². The maximum Gasteiger partial charge on any atom is 0.329 e. The van der Waals surface area contributed by atoms with Crippen LogP contribution >= 0.6 is 0 Å². The normalized spacial score (nSPS) is 25.6. The molecule has 0 aromatic carbocycles. The van der Waals surface area contributed by atoms with E-state index < -0.39 is 18.4 Å². The topological polar surface area (TPSA) is 117 Å². The third-order valence-electron chi connectivity index (χ3n) is 3.58. The van der Waals surface area contributed by atoms with Gasteiger partial charge in [-0.15, -0.1) is 0 Å². The van der Waals surface area contributed by atoms with Crippen LogP contribution in [0, 0.1) is 0 Å². The number of H-pyrrole nitrogens is 1. The molecule has 3 atom stereocenters. The summed E-state index contributed by atoms with van der Waals surface area (Å²) in [7, 11) is 3.63. The number of imidazole rings is 1. The zero-order valence-corrected chi connectivity index (χ0v) is 11.7. The molecule has 0 saturated carbocycles. The summed E-state index contributed by atoms with van der Waals surface area (Å²) in [6.45, 7) is -0.299. The number of hydrogen-bond acceptors (Lipinski definition) is 7. The molecule has 1 fully saturated rings. The summed E-state index contributed by atoms with van der Waals surface area (Å²) in [5.74, 6) is 0.591. The minimum absolute atomic E-state index is 0.222. The standard InChI is InChI=1S/C12H17N5O4/c1-16(2)10-9-11(14-5-13-10)17(12(20)15-9)8-3-6(19)7(4-18)21-8/h5-8,18-19H,3-4H2,1-2H3,(H,15,20)/t6-,7+,8-/m1/s1. The van der Waals surface area contributed by atoms with Gasteiger partial charge in [-0.25, -0.2) is 19.3 Å². The van der Waals surface area contributed by atoms with Gasteiger partial charge in [0.25, 0.3) is 0 Å². The van der Waals surface area contributed by atoms with Gasteiger partial charge in [0.15, 0.2) is 11.5 Å². The fourth-order valence-electron chi connectivity index (χ4n) is 2.57. The van der Waals surface area contributed by atoms with Crippen LogP contribution in [0.3, 0.4) is 0 Å². The van der Waals surface area contributed by atoms with Crippen molar-refractivity contribution in [2.24, 2.45) is 0 Å². The van der Waals surface area contributed by atoms with E-state index in [0.717, 1.165) is 0 Å². The highest BCUT2D eigenvalue weighted by molar-refractivity contribution is 5.83. The van der Waals surface area contributed by atoms with Crippen LogP contribution in [-0.2, 0) is 4.74 Å². The Balaban J connectivity index is 2.10. The number of aromatic nitrogens is 4. The molecule has 0 unspecified atom stereocenters. The fraction of sp³-hybridized carbons (Fsp3) is 0.583. The minimum Gasteiger partial charge on any atom is -0.394 e. The fourth-order valence-corrected chi connectivity index (χ4v) is 2.57. The van der Waals surface area contributed by atoms with Crippen LogP contribution < -0.4 is 10.6 Å². The van der Waals surface area contributed by atoms with Crippen molar-refractivity contribution in [1.29, 1.82) is 0 Å². The van der Waals surface area contributed by atoms with Crippen molar-refractivity contribution in [3.05, 3.63) is 16.8 Å². The molecule has 0 radical (unpaired) electrons. The molecule has 114 valence electrons. The third-order valence-corrected chi connectivity index (χ3v) is 3.58. The summed E-state index contributed by atoms with van der Waals surface area (Å²) in [6, 6.07) is 0. The van der Waals surface area contributed by atoms with Gasteiger partial charge in [0.1, 0.15) is 24.2 Å². The first-order valence-electron chi connectivity index (χ1n) is 6.60. The Bertz CT molecular complexity index is 709. The molecule has 1 aliphatic heterocycles. The van der Waals surface area contributed by atoms with E-state index in [1.165, 1.54) is 10.9 Å². The monoisotopic (exact) mass is 295 g/mol. The first-order valence-corrected chi connectivity index (χ1v) is 6.60. The van der Waals surface area contributed by atoms with Crippen molar-refractivity contribution in [2.45, 2.75) is 24.9 Å². The van der Waals surface area contributed by atoms with Gasteiger partial charge in [0, 0.05) is 20.5 Å². The lowest BCUT2D eigenvalue weighted by atomic mass is 10.2. The van der Waals surface area contributed by atoms with Crippen LogP contribution in [0.15, 0.2) is 11.1 Å². The molecule has 3 rings (SSSR count). The van der Waals surface area contributed by atoms with E-state index in [1.54, 1.807) is 4.90 Å². The van der Waals surface area contributed by atoms with Crippen LogP contribution in [0.25, 0.3) is 11.2 Å². The summed E-state index contributed by atoms with van der Waals surface area (Å²) in [6.07, 6.45) is -0.576. The Hall–Kier alpha value is -1.97. The maximum atomic E-state index is 12.2. The molecule has 1 aliphatic rings. The molecule has 0 bridgehead atoms. The highest BCUT2D eigenvalue weighted by Gasteiger charge is 2.36. The Morgan fingerprint density at radius 3 is 2.90 bits per heavy atom. The van der Waals surface area contributed by atoms with E-state index >= 15 is 0 Å². The van der Waals surface area contributed by atoms with Gasteiger partial charge in [0.2, 0.25) is 0 Å². The van der Waals surface area contributed by atoms with E-state index in [1.807, 2.05) is 14.1 Å². The maximum absolute atomic E-state index is 12.2. The van der Waals surface area contributed by atoms with E-state index in [4.69, 9.17) is 9.84 Å². The molecular formula is C12H17N5O4.